The number of methoxy groups -OCH3 is 1. The maximum Gasteiger partial charge on any atom is 0.181 e. The van der Waals surface area contributed by atoms with Crippen LogP contribution in [0.25, 0.3) is 11.2 Å². The topological polar surface area (TPSA) is 95.0 Å². The molecular formula is C19H23N5O3S. The molecule has 3 aromatic heterocycles. The Balaban J connectivity index is 1.46. The van der Waals surface area contributed by atoms with E-state index in [1.54, 1.807) is 31.5 Å². The third-order valence-corrected chi connectivity index (χ3v) is 5.88. The Hall–Kier alpha value is -2.23. The van der Waals surface area contributed by atoms with Crippen molar-refractivity contribution in [3.63, 3.8) is 0 Å². The van der Waals surface area contributed by atoms with Crippen molar-refractivity contribution in [3.8, 4) is 5.75 Å². The van der Waals surface area contributed by atoms with E-state index in [1.165, 1.54) is 5.56 Å². The van der Waals surface area contributed by atoms with Gasteiger partial charge in [0.05, 0.1) is 37.1 Å². The second-order valence-electron chi connectivity index (χ2n) is 6.41. The number of nitrogens with zero attached hydrogens (tertiary/aromatic N) is 4. The molecule has 8 nitrogen and oxygen atoms in total. The van der Waals surface area contributed by atoms with Crippen molar-refractivity contribution >= 4 is 22.9 Å². The number of H-pyrrole nitrogens is 1. The minimum Gasteiger partial charge on any atom is -0.491 e. The van der Waals surface area contributed by atoms with E-state index in [0.29, 0.717) is 32.1 Å². The average Bonchev–Trinajstić information content (AvgIpc) is 3.21. The summed E-state index contributed by atoms with van der Waals surface area (Å²) < 4.78 is 16.4. The SMILES string of the molecule is COCCOCCOc1ccnc2c1CCCC2Sc1ncnc2nc[nH]c12. The first-order chi connectivity index (χ1) is 13.9. The molecule has 0 spiro atoms. The summed E-state index contributed by atoms with van der Waals surface area (Å²) in [7, 11) is 1.66. The Kier molecular flexibility index (Phi) is 6.35. The molecule has 28 heavy (non-hydrogen) atoms. The monoisotopic (exact) mass is 401 g/mol. The maximum absolute atomic E-state index is 5.98. The van der Waals surface area contributed by atoms with Gasteiger partial charge in [-0.1, -0.05) is 11.8 Å². The van der Waals surface area contributed by atoms with Crippen LogP contribution in [0.2, 0.25) is 0 Å². The Morgan fingerprint density at radius 1 is 1.14 bits per heavy atom. The van der Waals surface area contributed by atoms with Crippen LogP contribution in [0.4, 0.5) is 0 Å². The zero-order chi connectivity index (χ0) is 19.2. The van der Waals surface area contributed by atoms with Gasteiger partial charge in [-0.3, -0.25) is 4.98 Å². The molecule has 1 aliphatic carbocycles. The van der Waals surface area contributed by atoms with E-state index in [-0.39, 0.29) is 5.25 Å². The highest BCUT2D eigenvalue weighted by Crippen LogP contribution is 2.44. The molecule has 0 bridgehead atoms. The van der Waals surface area contributed by atoms with Crippen LogP contribution >= 0.6 is 11.8 Å². The highest BCUT2D eigenvalue weighted by atomic mass is 32.2. The number of ether oxygens (including phenoxy) is 3. The molecule has 0 aliphatic heterocycles. The van der Waals surface area contributed by atoms with Crippen molar-refractivity contribution < 1.29 is 14.2 Å². The van der Waals surface area contributed by atoms with Crippen LogP contribution in [-0.4, -0.2) is 58.5 Å². The van der Waals surface area contributed by atoms with E-state index >= 15 is 0 Å². The van der Waals surface area contributed by atoms with Gasteiger partial charge in [0.15, 0.2) is 5.65 Å². The number of hydrogen-bond acceptors (Lipinski definition) is 8. The summed E-state index contributed by atoms with van der Waals surface area (Å²) in [6, 6.07) is 1.94. The van der Waals surface area contributed by atoms with Crippen LogP contribution in [0.3, 0.4) is 0 Å². The number of pyridine rings is 1. The Bertz CT molecular complexity index is 919. The number of aromatic amines is 1. The van der Waals surface area contributed by atoms with Crippen LogP contribution in [0.1, 0.15) is 29.3 Å². The van der Waals surface area contributed by atoms with Gasteiger partial charge in [-0.2, -0.15) is 0 Å². The third-order valence-electron chi connectivity index (χ3n) is 4.60. The van der Waals surface area contributed by atoms with Crippen LogP contribution < -0.4 is 4.74 Å². The first-order valence-corrected chi connectivity index (χ1v) is 10.2. The van der Waals surface area contributed by atoms with E-state index in [2.05, 4.69) is 24.9 Å². The molecule has 0 saturated heterocycles. The lowest BCUT2D eigenvalue weighted by Gasteiger charge is -2.25. The van der Waals surface area contributed by atoms with Crippen molar-refractivity contribution in [2.45, 2.75) is 29.5 Å². The summed E-state index contributed by atoms with van der Waals surface area (Å²) in [6.45, 7) is 2.22. The lowest BCUT2D eigenvalue weighted by Crippen LogP contribution is -2.14. The number of thioether (sulfide) groups is 1. The molecule has 1 aliphatic rings. The fourth-order valence-corrected chi connectivity index (χ4v) is 4.54. The molecule has 1 N–H and O–H groups in total. The van der Waals surface area contributed by atoms with E-state index in [9.17, 15) is 0 Å². The van der Waals surface area contributed by atoms with Crippen molar-refractivity contribution in [2.24, 2.45) is 0 Å². The molecular weight excluding hydrogens is 378 g/mol. The van der Waals surface area contributed by atoms with Crippen LogP contribution in [0.15, 0.2) is 29.9 Å². The summed E-state index contributed by atoms with van der Waals surface area (Å²) in [5.41, 5.74) is 3.84. The maximum atomic E-state index is 5.98. The summed E-state index contributed by atoms with van der Waals surface area (Å²) in [5, 5.41) is 1.13. The predicted molar refractivity (Wildman–Crippen MR) is 106 cm³/mol. The Labute approximate surface area is 167 Å². The van der Waals surface area contributed by atoms with Gasteiger partial charge in [0.1, 0.15) is 29.2 Å². The summed E-state index contributed by atoms with van der Waals surface area (Å²) in [6.07, 6.45) is 8.15. The van der Waals surface area contributed by atoms with Crippen LogP contribution in [0.5, 0.6) is 5.75 Å². The molecule has 0 saturated carbocycles. The number of imidazole rings is 1. The van der Waals surface area contributed by atoms with Gasteiger partial charge in [0, 0.05) is 18.9 Å². The van der Waals surface area contributed by atoms with Crippen molar-refractivity contribution in [3.05, 3.63) is 36.2 Å². The molecule has 1 unspecified atom stereocenters. The van der Waals surface area contributed by atoms with Gasteiger partial charge in [-0.15, -0.1) is 0 Å². The lowest BCUT2D eigenvalue weighted by atomic mass is 9.95. The molecule has 1 atom stereocenters. The number of rotatable bonds is 9. The number of hydrogen-bond donors (Lipinski definition) is 1. The quantitative estimate of drug-likeness (QED) is 0.432. The average molecular weight is 401 g/mol. The summed E-state index contributed by atoms with van der Waals surface area (Å²) >= 11 is 1.71. The van der Waals surface area contributed by atoms with E-state index in [0.717, 1.165) is 41.2 Å². The van der Waals surface area contributed by atoms with Crippen LogP contribution in [-0.2, 0) is 15.9 Å². The van der Waals surface area contributed by atoms with Gasteiger partial charge >= 0.3 is 0 Å². The fourth-order valence-electron chi connectivity index (χ4n) is 3.29. The highest BCUT2D eigenvalue weighted by Gasteiger charge is 2.26. The van der Waals surface area contributed by atoms with E-state index in [1.807, 2.05) is 12.3 Å². The standard InChI is InChI=1S/C19H23N5O3S/c1-25-7-8-26-9-10-27-14-5-6-20-16-13(14)3-2-4-15(16)28-19-17-18(22-11-21-17)23-12-24-19/h5-6,11-12,15H,2-4,7-10H2,1H3,(H,21,22,23,24). The zero-order valence-corrected chi connectivity index (χ0v) is 16.6. The van der Waals surface area contributed by atoms with Crippen molar-refractivity contribution in [2.75, 3.05) is 33.5 Å². The molecule has 0 amide bonds. The van der Waals surface area contributed by atoms with Gasteiger partial charge < -0.3 is 19.2 Å². The molecule has 0 fully saturated rings. The summed E-state index contributed by atoms with van der Waals surface area (Å²) in [4.78, 5) is 20.7. The predicted octanol–water partition coefficient (Wildman–Crippen LogP) is 2.96. The molecule has 3 heterocycles. The molecule has 0 aromatic carbocycles. The van der Waals surface area contributed by atoms with Crippen molar-refractivity contribution in [1.82, 2.24) is 24.9 Å². The molecule has 0 radical (unpaired) electrons. The highest BCUT2D eigenvalue weighted by molar-refractivity contribution is 7.99. The Morgan fingerprint density at radius 2 is 2.07 bits per heavy atom. The van der Waals surface area contributed by atoms with Crippen LogP contribution in [0, 0.1) is 0 Å². The van der Waals surface area contributed by atoms with Gasteiger partial charge in [0.2, 0.25) is 0 Å². The second kappa shape index (κ2) is 9.31. The van der Waals surface area contributed by atoms with Gasteiger partial charge in [-0.25, -0.2) is 15.0 Å². The zero-order valence-electron chi connectivity index (χ0n) is 15.8. The number of nitrogens with one attached hydrogen (secondary N) is 1. The largest absolute Gasteiger partial charge is 0.491 e. The normalized spacial score (nSPS) is 16.2. The van der Waals surface area contributed by atoms with E-state index in [4.69, 9.17) is 14.2 Å². The molecule has 148 valence electrons. The fraction of sp³-hybridized carbons (Fsp3) is 0.474. The van der Waals surface area contributed by atoms with Gasteiger partial charge in [-0.05, 0) is 25.3 Å². The Morgan fingerprint density at radius 3 is 3.00 bits per heavy atom. The first kappa shape index (κ1) is 19.1. The number of fused-ring (bicyclic) bond motifs is 2. The minimum atomic E-state index is 0.228. The molecule has 3 aromatic rings. The lowest BCUT2D eigenvalue weighted by molar-refractivity contribution is 0.0542. The number of aromatic nitrogens is 5. The second-order valence-corrected chi connectivity index (χ2v) is 7.60. The minimum absolute atomic E-state index is 0.228. The van der Waals surface area contributed by atoms with Gasteiger partial charge in [0.25, 0.3) is 0 Å². The smallest absolute Gasteiger partial charge is 0.181 e. The molecule has 4 rings (SSSR count). The van der Waals surface area contributed by atoms with E-state index < -0.39 is 0 Å². The molecule has 9 heteroatoms. The van der Waals surface area contributed by atoms with Crippen molar-refractivity contribution in [1.29, 1.82) is 0 Å². The summed E-state index contributed by atoms with van der Waals surface area (Å²) in [5.74, 6) is 0.903. The third kappa shape index (κ3) is 4.26. The first-order valence-electron chi connectivity index (χ1n) is 9.35.